The number of aromatic amines is 1. The van der Waals surface area contributed by atoms with Gasteiger partial charge < -0.3 is 20.5 Å². The summed E-state index contributed by atoms with van der Waals surface area (Å²) in [6, 6.07) is 8.95. The van der Waals surface area contributed by atoms with Crippen LogP contribution >= 0.6 is 0 Å². The molecule has 0 radical (unpaired) electrons. The molecular formula is C22H36N6. The molecule has 1 fully saturated rings. The van der Waals surface area contributed by atoms with E-state index in [9.17, 15) is 0 Å². The zero-order valence-electron chi connectivity index (χ0n) is 17.7. The third kappa shape index (κ3) is 5.49. The highest BCUT2D eigenvalue weighted by Crippen LogP contribution is 2.17. The maximum atomic E-state index is 4.84. The fraction of sp³-hybridized carbons (Fsp3) is 0.591. The summed E-state index contributed by atoms with van der Waals surface area (Å²) in [5, 5.41) is 8.19. The molecule has 1 aliphatic heterocycles. The van der Waals surface area contributed by atoms with Gasteiger partial charge in [-0.05, 0) is 38.4 Å². The van der Waals surface area contributed by atoms with E-state index in [2.05, 4.69) is 76.7 Å². The van der Waals surface area contributed by atoms with Gasteiger partial charge in [-0.2, -0.15) is 0 Å². The molecule has 28 heavy (non-hydrogen) atoms. The Morgan fingerprint density at radius 2 is 1.93 bits per heavy atom. The second kappa shape index (κ2) is 10.5. The van der Waals surface area contributed by atoms with Crippen molar-refractivity contribution < 1.29 is 0 Å². The monoisotopic (exact) mass is 384 g/mol. The lowest BCUT2D eigenvalue weighted by atomic mass is 10.1. The molecule has 0 spiro atoms. The number of hydrogen-bond donors (Lipinski definition) is 3. The Labute approximate surface area is 169 Å². The number of hydrogen-bond acceptors (Lipinski definition) is 3. The minimum atomic E-state index is 0.475. The molecule has 2 heterocycles. The molecule has 0 saturated carbocycles. The Bertz CT molecular complexity index is 744. The highest BCUT2D eigenvalue weighted by Gasteiger charge is 2.19. The molecular weight excluding hydrogens is 348 g/mol. The van der Waals surface area contributed by atoms with E-state index in [0.717, 1.165) is 51.6 Å². The first-order valence-electron chi connectivity index (χ1n) is 10.7. The average Bonchev–Trinajstić information content (AvgIpc) is 3.15. The fourth-order valence-corrected chi connectivity index (χ4v) is 3.85. The topological polar surface area (TPSA) is 58.7 Å². The van der Waals surface area contributed by atoms with Gasteiger partial charge in [0.1, 0.15) is 0 Å². The van der Waals surface area contributed by atoms with Crippen molar-refractivity contribution in [2.24, 2.45) is 4.99 Å². The summed E-state index contributed by atoms with van der Waals surface area (Å²) in [5.41, 5.74) is 2.55. The summed E-state index contributed by atoms with van der Waals surface area (Å²) < 4.78 is 0. The van der Waals surface area contributed by atoms with Gasteiger partial charge in [-0.25, -0.2) is 0 Å². The van der Waals surface area contributed by atoms with Gasteiger partial charge in [0.2, 0.25) is 0 Å². The van der Waals surface area contributed by atoms with Crippen LogP contribution in [0.1, 0.15) is 26.3 Å². The smallest absolute Gasteiger partial charge is 0.191 e. The molecule has 3 rings (SSSR count). The van der Waals surface area contributed by atoms with Crippen molar-refractivity contribution in [3.8, 4) is 0 Å². The minimum absolute atomic E-state index is 0.475. The number of likely N-dealkylation sites (N-methyl/N-ethyl adjacent to an activating group) is 1. The first-order valence-corrected chi connectivity index (χ1v) is 10.7. The van der Waals surface area contributed by atoms with Gasteiger partial charge in [-0.1, -0.05) is 25.1 Å². The number of aliphatic imine (C=N–C) groups is 1. The molecule has 154 valence electrons. The van der Waals surface area contributed by atoms with Crippen LogP contribution in [0.15, 0.2) is 35.5 Å². The summed E-state index contributed by atoms with van der Waals surface area (Å²) in [6.07, 6.45) is 3.09. The van der Waals surface area contributed by atoms with Crippen molar-refractivity contribution >= 4 is 16.9 Å². The Morgan fingerprint density at radius 1 is 1.14 bits per heavy atom. The third-order valence-corrected chi connectivity index (χ3v) is 5.70. The zero-order chi connectivity index (χ0) is 19.8. The Balaban J connectivity index is 1.48. The van der Waals surface area contributed by atoms with Crippen molar-refractivity contribution in [2.75, 3.05) is 52.4 Å². The molecule has 0 bridgehead atoms. The number of benzene rings is 1. The molecule has 0 amide bonds. The predicted octanol–water partition coefficient (Wildman–Crippen LogP) is 2.29. The lowest BCUT2D eigenvalue weighted by Gasteiger charge is -2.37. The number of H-pyrrole nitrogens is 1. The van der Waals surface area contributed by atoms with Crippen LogP contribution in [0, 0.1) is 0 Å². The van der Waals surface area contributed by atoms with Crippen LogP contribution in [-0.2, 0) is 6.42 Å². The number of para-hydroxylation sites is 1. The summed E-state index contributed by atoms with van der Waals surface area (Å²) in [4.78, 5) is 13.3. The van der Waals surface area contributed by atoms with Crippen LogP contribution in [0.4, 0.5) is 0 Å². The van der Waals surface area contributed by atoms with E-state index in [1.165, 1.54) is 29.6 Å². The fourth-order valence-electron chi connectivity index (χ4n) is 3.85. The molecule has 6 nitrogen and oxygen atoms in total. The second-order valence-corrected chi connectivity index (χ2v) is 7.58. The zero-order valence-corrected chi connectivity index (χ0v) is 17.7. The summed E-state index contributed by atoms with van der Waals surface area (Å²) in [7, 11) is 0. The molecule has 1 aromatic heterocycles. The number of nitrogens with one attached hydrogen (secondary N) is 3. The van der Waals surface area contributed by atoms with E-state index in [1.807, 2.05) is 0 Å². The molecule has 6 heteroatoms. The first-order chi connectivity index (χ1) is 13.7. The van der Waals surface area contributed by atoms with Gasteiger partial charge in [0, 0.05) is 62.4 Å². The molecule has 1 saturated heterocycles. The number of guanidine groups is 1. The van der Waals surface area contributed by atoms with Crippen molar-refractivity contribution in [1.82, 2.24) is 25.4 Å². The van der Waals surface area contributed by atoms with Gasteiger partial charge in [-0.15, -0.1) is 0 Å². The van der Waals surface area contributed by atoms with Crippen molar-refractivity contribution in [3.05, 3.63) is 36.0 Å². The van der Waals surface area contributed by atoms with Gasteiger partial charge in [0.15, 0.2) is 5.96 Å². The van der Waals surface area contributed by atoms with Crippen LogP contribution in [0.25, 0.3) is 10.9 Å². The standard InChI is InChI=1S/C22H36N6/c1-4-23-22(26-16-18(3)28-14-12-27(5-2)13-15-28)24-11-10-19-17-25-21-9-7-6-8-20(19)21/h6-9,17-18,25H,4-5,10-16H2,1-3H3,(H2,23,24,26). The summed E-state index contributed by atoms with van der Waals surface area (Å²) in [6.45, 7) is 15.0. The van der Waals surface area contributed by atoms with E-state index >= 15 is 0 Å². The maximum Gasteiger partial charge on any atom is 0.191 e. The van der Waals surface area contributed by atoms with Gasteiger partial charge in [0.25, 0.3) is 0 Å². The van der Waals surface area contributed by atoms with E-state index in [4.69, 9.17) is 4.99 Å². The van der Waals surface area contributed by atoms with Crippen molar-refractivity contribution in [3.63, 3.8) is 0 Å². The SMILES string of the molecule is CCNC(=NCC(C)N1CCN(CC)CC1)NCCc1c[nH]c2ccccc12. The Morgan fingerprint density at radius 3 is 2.68 bits per heavy atom. The molecule has 1 unspecified atom stereocenters. The van der Waals surface area contributed by atoms with Crippen LogP contribution in [0.2, 0.25) is 0 Å². The van der Waals surface area contributed by atoms with Crippen LogP contribution in [0.3, 0.4) is 0 Å². The second-order valence-electron chi connectivity index (χ2n) is 7.58. The molecule has 1 aliphatic rings. The summed E-state index contributed by atoms with van der Waals surface area (Å²) in [5.74, 6) is 0.918. The maximum absolute atomic E-state index is 4.84. The number of nitrogens with zero attached hydrogens (tertiary/aromatic N) is 3. The summed E-state index contributed by atoms with van der Waals surface area (Å²) >= 11 is 0. The van der Waals surface area contributed by atoms with Gasteiger partial charge in [0.05, 0.1) is 6.54 Å². The number of fused-ring (bicyclic) bond motifs is 1. The largest absolute Gasteiger partial charge is 0.361 e. The Hall–Kier alpha value is -2.05. The first kappa shape index (κ1) is 20.7. The highest BCUT2D eigenvalue weighted by atomic mass is 15.3. The number of piperazine rings is 1. The van der Waals surface area contributed by atoms with E-state index in [0.29, 0.717) is 6.04 Å². The molecule has 1 atom stereocenters. The lowest BCUT2D eigenvalue weighted by Crippen LogP contribution is -2.50. The minimum Gasteiger partial charge on any atom is -0.361 e. The molecule has 0 aliphatic carbocycles. The predicted molar refractivity (Wildman–Crippen MR) is 119 cm³/mol. The van der Waals surface area contributed by atoms with E-state index < -0.39 is 0 Å². The number of aromatic nitrogens is 1. The quantitative estimate of drug-likeness (QED) is 0.483. The van der Waals surface area contributed by atoms with Gasteiger partial charge >= 0.3 is 0 Å². The Kier molecular flexibility index (Phi) is 7.74. The lowest BCUT2D eigenvalue weighted by molar-refractivity contribution is 0.109. The molecule has 1 aromatic carbocycles. The van der Waals surface area contributed by atoms with Crippen molar-refractivity contribution in [2.45, 2.75) is 33.2 Å². The average molecular weight is 385 g/mol. The highest BCUT2D eigenvalue weighted by molar-refractivity contribution is 5.83. The van der Waals surface area contributed by atoms with E-state index in [-0.39, 0.29) is 0 Å². The third-order valence-electron chi connectivity index (χ3n) is 5.70. The van der Waals surface area contributed by atoms with Crippen LogP contribution < -0.4 is 10.6 Å². The van der Waals surface area contributed by atoms with Crippen LogP contribution in [-0.4, -0.2) is 79.1 Å². The normalized spacial score (nSPS) is 17.8. The molecule has 2 aromatic rings. The number of rotatable bonds is 8. The van der Waals surface area contributed by atoms with Crippen LogP contribution in [0.5, 0.6) is 0 Å². The van der Waals surface area contributed by atoms with E-state index in [1.54, 1.807) is 0 Å². The van der Waals surface area contributed by atoms with Gasteiger partial charge in [-0.3, -0.25) is 9.89 Å². The molecule has 3 N–H and O–H groups in total. The van der Waals surface area contributed by atoms with Crippen molar-refractivity contribution in [1.29, 1.82) is 0 Å².